The minimum Gasteiger partial charge on any atom is -0.310 e. The predicted molar refractivity (Wildman–Crippen MR) is 269 cm³/mol. The van der Waals surface area contributed by atoms with Gasteiger partial charge in [0.05, 0.1) is 11.1 Å². The van der Waals surface area contributed by atoms with Gasteiger partial charge >= 0.3 is 0 Å². The summed E-state index contributed by atoms with van der Waals surface area (Å²) in [4.78, 5) is 2.51. The quantitative estimate of drug-likeness (QED) is 0.148. The van der Waals surface area contributed by atoms with Crippen molar-refractivity contribution in [3.05, 3.63) is 270 Å². The molecule has 0 heterocycles. The number of fused-ring (bicyclic) bond motifs is 5. The lowest BCUT2D eigenvalue weighted by atomic mass is 9.67. The monoisotopic (exact) mass is 817 g/mol. The van der Waals surface area contributed by atoms with E-state index in [9.17, 15) is 0 Å². The number of nitrogens with zero attached hydrogens (tertiary/aromatic N) is 1. The number of benzene rings is 10. The van der Waals surface area contributed by atoms with Gasteiger partial charge < -0.3 is 4.90 Å². The molecular formula is C63H47N. The van der Waals surface area contributed by atoms with Crippen LogP contribution in [0.2, 0.25) is 0 Å². The molecule has 10 aromatic rings. The van der Waals surface area contributed by atoms with Crippen LogP contribution in [-0.4, -0.2) is 0 Å². The van der Waals surface area contributed by atoms with E-state index in [-0.39, 0.29) is 0 Å². The zero-order valence-corrected chi connectivity index (χ0v) is 35.8. The number of hydrogen-bond donors (Lipinski definition) is 0. The van der Waals surface area contributed by atoms with E-state index in [1.54, 1.807) is 0 Å². The lowest BCUT2D eigenvalue weighted by Crippen LogP contribution is -2.28. The smallest absolute Gasteiger partial charge is 0.0714 e. The van der Waals surface area contributed by atoms with Gasteiger partial charge in [-0.05, 0) is 145 Å². The second-order valence-corrected chi connectivity index (χ2v) is 17.5. The molecule has 2 aliphatic carbocycles. The fourth-order valence-electron chi connectivity index (χ4n) is 10.9. The van der Waals surface area contributed by atoms with Crippen molar-refractivity contribution in [2.75, 3.05) is 4.90 Å². The van der Waals surface area contributed by atoms with Crippen LogP contribution >= 0.6 is 0 Å². The lowest BCUT2D eigenvalue weighted by molar-refractivity contribution is 0.686. The minimum atomic E-state index is -0.543. The molecule has 0 unspecified atom stereocenters. The average molecular weight is 818 g/mol. The van der Waals surface area contributed by atoms with E-state index in [1.165, 1.54) is 102 Å². The maximum absolute atomic E-state index is 2.55. The second-order valence-electron chi connectivity index (χ2n) is 17.5. The summed E-state index contributed by atoms with van der Waals surface area (Å²) >= 11 is 0. The van der Waals surface area contributed by atoms with Crippen molar-refractivity contribution in [3.8, 4) is 44.5 Å². The van der Waals surface area contributed by atoms with Crippen LogP contribution in [0.15, 0.2) is 237 Å². The maximum Gasteiger partial charge on any atom is 0.0714 e. The van der Waals surface area contributed by atoms with Gasteiger partial charge in [-0.15, -0.1) is 0 Å². The molecule has 1 heteroatoms. The summed E-state index contributed by atoms with van der Waals surface area (Å²) in [5.41, 5.74) is 20.8. The average Bonchev–Trinajstić information content (AvgIpc) is 3.67. The normalized spacial score (nSPS) is 13.5. The summed E-state index contributed by atoms with van der Waals surface area (Å²) in [6.07, 6.45) is 4.77. The maximum atomic E-state index is 2.55. The van der Waals surface area contributed by atoms with Crippen LogP contribution in [0.4, 0.5) is 17.1 Å². The molecular weight excluding hydrogens is 771 g/mol. The highest BCUT2D eigenvalue weighted by Gasteiger charge is 2.47. The van der Waals surface area contributed by atoms with Gasteiger partial charge in [0.2, 0.25) is 0 Å². The molecule has 0 saturated heterocycles. The molecule has 10 aromatic carbocycles. The Morgan fingerprint density at radius 1 is 0.328 bits per heavy atom. The van der Waals surface area contributed by atoms with Crippen LogP contribution in [-0.2, 0) is 18.3 Å². The number of rotatable bonds is 8. The summed E-state index contributed by atoms with van der Waals surface area (Å²) in [5, 5.41) is 2.51. The van der Waals surface area contributed by atoms with E-state index in [0.717, 1.165) is 29.9 Å². The molecule has 0 N–H and O–H groups in total. The zero-order chi connectivity index (χ0) is 42.5. The lowest BCUT2D eigenvalue weighted by Gasteiger charge is -2.35. The van der Waals surface area contributed by atoms with Crippen LogP contribution in [0, 0.1) is 0 Å². The summed E-state index contributed by atoms with van der Waals surface area (Å²) < 4.78 is 0. The van der Waals surface area contributed by atoms with Gasteiger partial charge in [0, 0.05) is 16.9 Å². The van der Waals surface area contributed by atoms with Gasteiger partial charge in [0.25, 0.3) is 0 Å². The summed E-state index contributed by atoms with van der Waals surface area (Å²) in [6.45, 7) is 0. The molecule has 2 aliphatic rings. The fraction of sp³-hybridized carbons (Fsp3) is 0.0794. The third-order valence-corrected chi connectivity index (χ3v) is 13.9. The predicted octanol–water partition coefficient (Wildman–Crippen LogP) is 16.6. The Labute approximate surface area is 376 Å². The number of hydrogen-bond acceptors (Lipinski definition) is 1. The third-order valence-electron chi connectivity index (χ3n) is 13.9. The van der Waals surface area contributed by atoms with Gasteiger partial charge in [-0.3, -0.25) is 0 Å². The first-order valence-electron chi connectivity index (χ1n) is 22.8. The standard InChI is InChI=1S/C63H47N/c1-4-17-44(18-5-1)46-33-37-53(38-34-46)64(54-39-35-48(36-40-54)56-29-16-22-47-20-12-13-27-55(47)56)62-43-61-59(42-58(62)50-32-31-45-19-10-11-21-49(45)41-50)57-28-14-15-30-60(57)63(61,51-23-6-2-7-24-51)52-25-8-3-9-26-52/h1-9,12-18,20,22-43H,10-11,19,21H2. The highest BCUT2D eigenvalue weighted by atomic mass is 15.1. The first kappa shape index (κ1) is 38.0. The molecule has 64 heavy (non-hydrogen) atoms. The van der Waals surface area contributed by atoms with Crippen molar-refractivity contribution < 1.29 is 0 Å². The molecule has 0 atom stereocenters. The molecule has 0 radical (unpaired) electrons. The Hall–Kier alpha value is -7.74. The van der Waals surface area contributed by atoms with Crippen molar-refractivity contribution in [1.82, 2.24) is 0 Å². The van der Waals surface area contributed by atoms with Gasteiger partial charge in [-0.1, -0.05) is 200 Å². The van der Waals surface area contributed by atoms with Crippen LogP contribution in [0.1, 0.15) is 46.2 Å². The van der Waals surface area contributed by atoms with E-state index in [2.05, 4.69) is 241 Å². The van der Waals surface area contributed by atoms with Crippen molar-refractivity contribution >= 4 is 27.8 Å². The van der Waals surface area contributed by atoms with Crippen LogP contribution < -0.4 is 4.90 Å². The van der Waals surface area contributed by atoms with E-state index >= 15 is 0 Å². The summed E-state index contributed by atoms with van der Waals surface area (Å²) in [5.74, 6) is 0. The number of anilines is 3. The van der Waals surface area contributed by atoms with Crippen molar-refractivity contribution in [2.45, 2.75) is 31.1 Å². The van der Waals surface area contributed by atoms with Crippen LogP contribution in [0.25, 0.3) is 55.3 Å². The highest BCUT2D eigenvalue weighted by Crippen LogP contribution is 2.59. The van der Waals surface area contributed by atoms with Gasteiger partial charge in [-0.25, -0.2) is 0 Å². The molecule has 0 saturated carbocycles. The van der Waals surface area contributed by atoms with Gasteiger partial charge in [0.15, 0.2) is 0 Å². The minimum absolute atomic E-state index is 0.543. The molecule has 1 nitrogen and oxygen atoms in total. The van der Waals surface area contributed by atoms with Crippen molar-refractivity contribution in [1.29, 1.82) is 0 Å². The SMILES string of the molecule is c1ccc(-c2ccc(N(c3ccc(-c4cccc5ccccc45)cc3)c3cc4c(cc3-c3ccc5c(c3)CCCC5)-c3ccccc3C4(c3ccccc3)c3ccccc3)cc2)cc1. The molecule has 0 aromatic heterocycles. The van der Waals surface area contributed by atoms with Crippen molar-refractivity contribution in [3.63, 3.8) is 0 Å². The zero-order valence-electron chi connectivity index (χ0n) is 35.8. The Morgan fingerprint density at radius 2 is 0.875 bits per heavy atom. The first-order valence-corrected chi connectivity index (χ1v) is 22.8. The van der Waals surface area contributed by atoms with E-state index in [4.69, 9.17) is 0 Å². The Morgan fingerprint density at radius 3 is 1.59 bits per heavy atom. The van der Waals surface area contributed by atoms with Gasteiger partial charge in [0.1, 0.15) is 0 Å². The fourth-order valence-corrected chi connectivity index (χ4v) is 10.9. The topological polar surface area (TPSA) is 3.24 Å². The third kappa shape index (κ3) is 6.30. The molecule has 0 spiro atoms. The van der Waals surface area contributed by atoms with Gasteiger partial charge in [-0.2, -0.15) is 0 Å². The molecule has 304 valence electrons. The highest BCUT2D eigenvalue weighted by molar-refractivity contribution is 5.99. The molecule has 0 bridgehead atoms. The number of aryl methyl sites for hydroxylation is 2. The summed E-state index contributed by atoms with van der Waals surface area (Å²) in [6, 6.07) is 88.3. The summed E-state index contributed by atoms with van der Waals surface area (Å²) in [7, 11) is 0. The first-order chi connectivity index (χ1) is 31.7. The molecule has 12 rings (SSSR count). The second kappa shape index (κ2) is 15.9. The van der Waals surface area contributed by atoms with E-state index in [1.807, 2.05) is 0 Å². The Balaban J connectivity index is 1.14. The van der Waals surface area contributed by atoms with Crippen LogP contribution in [0.3, 0.4) is 0 Å². The van der Waals surface area contributed by atoms with E-state index in [0.29, 0.717) is 0 Å². The Kier molecular flexibility index (Phi) is 9.42. The molecule has 0 aliphatic heterocycles. The Bertz CT molecular complexity index is 3250. The molecule has 0 fully saturated rings. The van der Waals surface area contributed by atoms with Crippen molar-refractivity contribution in [2.24, 2.45) is 0 Å². The van der Waals surface area contributed by atoms with Crippen LogP contribution in [0.5, 0.6) is 0 Å². The molecule has 0 amide bonds. The largest absolute Gasteiger partial charge is 0.310 e. The van der Waals surface area contributed by atoms with E-state index < -0.39 is 5.41 Å².